The third-order valence-corrected chi connectivity index (χ3v) is 4.70. The van der Waals surface area contributed by atoms with Crippen molar-refractivity contribution in [3.8, 4) is 0 Å². The van der Waals surface area contributed by atoms with Crippen LogP contribution in [0.25, 0.3) is 11.3 Å². The molecule has 1 N–H and O–H groups in total. The first-order valence-electron chi connectivity index (χ1n) is 7.87. The molecule has 4 rings (SSSR count). The van der Waals surface area contributed by atoms with Gasteiger partial charge < -0.3 is 9.88 Å². The van der Waals surface area contributed by atoms with E-state index in [1.165, 1.54) is 28.2 Å². The van der Waals surface area contributed by atoms with Gasteiger partial charge in [0.25, 0.3) is 0 Å². The number of hydrogen-bond acceptors (Lipinski definition) is 3. The highest BCUT2D eigenvalue weighted by atomic mass is 35.5. The lowest BCUT2D eigenvalue weighted by Gasteiger charge is -2.31. The summed E-state index contributed by atoms with van der Waals surface area (Å²) in [6, 6.07) is 10.8. The van der Waals surface area contributed by atoms with E-state index in [4.69, 9.17) is 0 Å². The molecule has 120 valence electrons. The Labute approximate surface area is 141 Å². The Bertz CT molecular complexity index is 916. The summed E-state index contributed by atoms with van der Waals surface area (Å²) >= 11 is 0. The van der Waals surface area contributed by atoms with Crippen LogP contribution < -0.4 is 21.4 Å². The largest absolute Gasteiger partial charge is 0.376 e. The molecule has 1 saturated carbocycles. The van der Waals surface area contributed by atoms with Crippen LogP contribution in [0.3, 0.4) is 0 Å². The van der Waals surface area contributed by atoms with Crippen molar-refractivity contribution < 1.29 is 0 Å². The van der Waals surface area contributed by atoms with Gasteiger partial charge in [-0.05, 0) is 36.1 Å². The summed E-state index contributed by atoms with van der Waals surface area (Å²) < 4.78 is 1.50. The molecule has 2 aromatic rings. The number of halogens is 1. The minimum atomic E-state index is -0.220. The topological polar surface area (TPSA) is 46.9 Å². The van der Waals surface area contributed by atoms with E-state index in [0.717, 1.165) is 29.5 Å². The number of rotatable bonds is 1. The fraction of sp³-hybridized carbons (Fsp3) is 0.333. The van der Waals surface area contributed by atoms with Crippen LogP contribution in [-0.2, 0) is 7.05 Å². The van der Waals surface area contributed by atoms with Crippen molar-refractivity contribution in [3.63, 3.8) is 0 Å². The molecule has 23 heavy (non-hydrogen) atoms. The second-order valence-electron chi connectivity index (χ2n) is 6.09. The molecular weight excluding hydrogens is 310 g/mol. The molecule has 4 nitrogen and oxygen atoms in total. The number of nitrogens with zero attached hydrogens (tertiary/aromatic N) is 2. The van der Waals surface area contributed by atoms with E-state index < -0.39 is 0 Å². The molecule has 2 aliphatic rings. The van der Waals surface area contributed by atoms with Crippen molar-refractivity contribution in [2.24, 2.45) is 7.05 Å². The molecule has 5 heteroatoms. The molecule has 0 radical (unpaired) electrons. The van der Waals surface area contributed by atoms with Gasteiger partial charge >= 0.3 is 5.69 Å². The molecule has 0 saturated heterocycles. The van der Waals surface area contributed by atoms with Crippen LogP contribution in [-0.4, -0.2) is 15.6 Å². The maximum atomic E-state index is 11.9. The van der Waals surface area contributed by atoms with Gasteiger partial charge in [-0.15, -0.1) is 12.4 Å². The summed E-state index contributed by atoms with van der Waals surface area (Å²) in [6.07, 6.45) is 6.61. The average molecular weight is 330 g/mol. The van der Waals surface area contributed by atoms with E-state index in [2.05, 4.69) is 28.5 Å². The normalized spacial score (nSPS) is 19.3. The number of aromatic nitrogens is 2. The third kappa shape index (κ3) is 2.68. The monoisotopic (exact) mass is 329 g/mol. The summed E-state index contributed by atoms with van der Waals surface area (Å²) in [5.41, 5.74) is 3.02. The van der Waals surface area contributed by atoms with Gasteiger partial charge in [0.1, 0.15) is 0 Å². The summed E-state index contributed by atoms with van der Waals surface area (Å²) in [5, 5.41) is 6.13. The second kappa shape index (κ2) is 6.20. The van der Waals surface area contributed by atoms with Gasteiger partial charge in [0.05, 0.1) is 11.4 Å². The van der Waals surface area contributed by atoms with Gasteiger partial charge in [-0.3, -0.25) is 0 Å². The molecule has 1 aliphatic heterocycles. The lowest BCUT2D eigenvalue weighted by atomic mass is 9.85. The second-order valence-corrected chi connectivity index (χ2v) is 6.09. The molecule has 1 aliphatic carbocycles. The van der Waals surface area contributed by atoms with E-state index in [1.54, 1.807) is 13.2 Å². The molecule has 0 bridgehead atoms. The Hall–Kier alpha value is -2.07. The molecule has 2 heterocycles. The zero-order valence-electron chi connectivity index (χ0n) is 13.1. The van der Waals surface area contributed by atoms with Crippen molar-refractivity contribution >= 4 is 23.7 Å². The molecule has 1 aromatic heterocycles. The molecular formula is C18H20ClN3O. The molecule has 0 spiro atoms. The fourth-order valence-electron chi connectivity index (χ4n) is 3.54. The van der Waals surface area contributed by atoms with Gasteiger partial charge in [0.2, 0.25) is 0 Å². The summed E-state index contributed by atoms with van der Waals surface area (Å²) in [7, 11) is 1.72. The number of fused-ring (bicyclic) bond motifs is 2. The highest BCUT2D eigenvalue weighted by Crippen LogP contribution is 2.26. The Kier molecular flexibility index (Phi) is 4.26. The number of aryl methyl sites for hydroxylation is 1. The summed E-state index contributed by atoms with van der Waals surface area (Å²) in [5.74, 6) is 0. The first-order valence-corrected chi connectivity index (χ1v) is 7.87. The van der Waals surface area contributed by atoms with Crippen LogP contribution >= 0.6 is 12.4 Å². The third-order valence-electron chi connectivity index (χ3n) is 4.70. The van der Waals surface area contributed by atoms with E-state index in [-0.39, 0.29) is 18.1 Å². The Morgan fingerprint density at radius 2 is 1.96 bits per heavy atom. The Balaban J connectivity index is 0.00000156. The lowest BCUT2D eigenvalue weighted by Crippen LogP contribution is -2.47. The summed E-state index contributed by atoms with van der Waals surface area (Å²) in [6.45, 7) is 0. The number of hydrogen-bond donors (Lipinski definition) is 1. The van der Waals surface area contributed by atoms with E-state index in [1.807, 2.05) is 12.1 Å². The fourth-order valence-corrected chi connectivity index (χ4v) is 3.54. The first kappa shape index (κ1) is 15.8. The van der Waals surface area contributed by atoms with Gasteiger partial charge in [0, 0.05) is 24.5 Å². The molecule has 1 aromatic carbocycles. The van der Waals surface area contributed by atoms with Gasteiger partial charge in [-0.1, -0.05) is 30.7 Å². The maximum absolute atomic E-state index is 11.9. The van der Waals surface area contributed by atoms with Crippen molar-refractivity contribution in [1.29, 1.82) is 0 Å². The SMILES string of the molecule is Cl.Cn1ccc(C2=c3ccccc3=C3CCCCC3N2)nc1=O. The van der Waals surface area contributed by atoms with Crippen LogP contribution in [0.2, 0.25) is 0 Å². The van der Waals surface area contributed by atoms with Gasteiger partial charge in [0.15, 0.2) is 0 Å². The molecule has 1 atom stereocenters. The predicted molar refractivity (Wildman–Crippen MR) is 93.7 cm³/mol. The van der Waals surface area contributed by atoms with Crippen LogP contribution in [0.15, 0.2) is 41.3 Å². The molecule has 0 amide bonds. The number of nitrogens with one attached hydrogen (secondary N) is 1. The molecule has 1 fully saturated rings. The quantitative estimate of drug-likeness (QED) is 0.851. The number of benzene rings is 1. The molecule has 1 unspecified atom stereocenters. The van der Waals surface area contributed by atoms with Gasteiger partial charge in [-0.2, -0.15) is 4.98 Å². The Morgan fingerprint density at radius 1 is 1.17 bits per heavy atom. The predicted octanol–water partition coefficient (Wildman–Crippen LogP) is 1.06. The highest BCUT2D eigenvalue weighted by molar-refractivity contribution is 5.85. The zero-order valence-corrected chi connectivity index (χ0v) is 13.9. The zero-order chi connectivity index (χ0) is 15.1. The van der Waals surface area contributed by atoms with Crippen molar-refractivity contribution in [2.45, 2.75) is 31.7 Å². The highest BCUT2D eigenvalue weighted by Gasteiger charge is 2.24. The smallest absolute Gasteiger partial charge is 0.347 e. The van der Waals surface area contributed by atoms with Crippen LogP contribution in [0.4, 0.5) is 0 Å². The van der Waals surface area contributed by atoms with Crippen molar-refractivity contribution in [3.05, 3.63) is 63.1 Å². The van der Waals surface area contributed by atoms with Crippen molar-refractivity contribution in [1.82, 2.24) is 14.9 Å². The van der Waals surface area contributed by atoms with Crippen molar-refractivity contribution in [2.75, 3.05) is 0 Å². The minimum Gasteiger partial charge on any atom is -0.376 e. The van der Waals surface area contributed by atoms with E-state index >= 15 is 0 Å². The standard InChI is InChI=1S/C18H19N3O.ClH/c1-21-11-10-16(20-18(21)22)17-14-8-3-2-6-12(14)13-7-4-5-9-15(13)19-17;/h2-3,6,8,10-11,15,19H,4-5,7,9H2,1H3;1H. The summed E-state index contributed by atoms with van der Waals surface area (Å²) in [4.78, 5) is 16.1. The van der Waals surface area contributed by atoms with Gasteiger partial charge in [-0.25, -0.2) is 4.79 Å². The Morgan fingerprint density at radius 3 is 2.74 bits per heavy atom. The van der Waals surface area contributed by atoms with Crippen LogP contribution in [0, 0.1) is 0 Å². The van der Waals surface area contributed by atoms with Crippen LogP contribution in [0.5, 0.6) is 0 Å². The van der Waals surface area contributed by atoms with Crippen LogP contribution in [0.1, 0.15) is 31.4 Å². The lowest BCUT2D eigenvalue weighted by molar-refractivity contribution is 0.538. The van der Waals surface area contributed by atoms with E-state index in [0.29, 0.717) is 6.04 Å². The minimum absolute atomic E-state index is 0. The average Bonchev–Trinajstić information content (AvgIpc) is 2.57. The first-order chi connectivity index (χ1) is 10.7. The maximum Gasteiger partial charge on any atom is 0.347 e. The van der Waals surface area contributed by atoms with E-state index in [9.17, 15) is 4.79 Å².